The molecule has 0 amide bonds. The third-order valence-electron chi connectivity index (χ3n) is 4.12. The van der Waals surface area contributed by atoms with Crippen molar-refractivity contribution in [1.82, 2.24) is 0 Å². The Balaban J connectivity index is 2.08. The van der Waals surface area contributed by atoms with Crippen LogP contribution < -0.4 is 0 Å². The fourth-order valence-electron chi connectivity index (χ4n) is 3.00. The highest BCUT2D eigenvalue weighted by atomic mass is 16.5. The molecule has 0 heterocycles. The molecular weight excluding hydrogens is 224 g/mol. The molecule has 2 atom stereocenters. The summed E-state index contributed by atoms with van der Waals surface area (Å²) in [7, 11) is 1.72. The van der Waals surface area contributed by atoms with E-state index in [2.05, 4.69) is 6.92 Å². The van der Waals surface area contributed by atoms with Crippen LogP contribution in [0, 0.1) is 12.8 Å². The summed E-state index contributed by atoms with van der Waals surface area (Å²) in [5.41, 5.74) is 2.19. The van der Waals surface area contributed by atoms with Gasteiger partial charge in [-0.2, -0.15) is 0 Å². The quantitative estimate of drug-likeness (QED) is 0.881. The Morgan fingerprint density at radius 1 is 1.11 bits per heavy atom. The summed E-state index contributed by atoms with van der Waals surface area (Å²) in [6.45, 7) is 2.06. The molecule has 2 unspecified atom stereocenters. The van der Waals surface area contributed by atoms with E-state index < -0.39 is 6.10 Å². The lowest BCUT2D eigenvalue weighted by Crippen LogP contribution is -2.31. The molecule has 100 valence electrons. The first-order valence-corrected chi connectivity index (χ1v) is 7.00. The van der Waals surface area contributed by atoms with Crippen LogP contribution in [0.25, 0.3) is 0 Å². The van der Waals surface area contributed by atoms with Gasteiger partial charge >= 0.3 is 0 Å². The minimum atomic E-state index is -0.501. The fourth-order valence-corrected chi connectivity index (χ4v) is 3.00. The summed E-state index contributed by atoms with van der Waals surface area (Å²) in [4.78, 5) is 0. The van der Waals surface area contributed by atoms with Crippen LogP contribution in [-0.2, 0) is 4.74 Å². The minimum absolute atomic E-state index is 0.0620. The monoisotopic (exact) mass is 248 g/mol. The van der Waals surface area contributed by atoms with E-state index in [1.54, 1.807) is 7.11 Å². The standard InChI is InChI=1S/C16H24O2/c1-12-8-10-13(11-9-12)15(17)16(18-2)14-6-4-3-5-7-14/h8-11,14-17H,3-7H2,1-2H3. The molecule has 0 aromatic heterocycles. The second-order valence-corrected chi connectivity index (χ2v) is 5.45. The van der Waals surface area contributed by atoms with Gasteiger partial charge in [-0.15, -0.1) is 0 Å². The first kappa shape index (κ1) is 13.6. The molecule has 1 N–H and O–H groups in total. The number of rotatable bonds is 4. The highest BCUT2D eigenvalue weighted by molar-refractivity contribution is 5.24. The van der Waals surface area contributed by atoms with Crippen LogP contribution in [0.15, 0.2) is 24.3 Å². The average molecular weight is 248 g/mol. The summed E-state index contributed by atoms with van der Waals surface area (Å²) in [5.74, 6) is 0.500. The van der Waals surface area contributed by atoms with Crippen molar-refractivity contribution in [2.24, 2.45) is 5.92 Å². The third-order valence-corrected chi connectivity index (χ3v) is 4.12. The largest absolute Gasteiger partial charge is 0.386 e. The Morgan fingerprint density at radius 2 is 1.72 bits per heavy atom. The summed E-state index contributed by atoms with van der Waals surface area (Å²) < 4.78 is 5.59. The van der Waals surface area contributed by atoms with Crippen molar-refractivity contribution >= 4 is 0 Å². The zero-order chi connectivity index (χ0) is 13.0. The molecule has 0 aliphatic heterocycles. The Kier molecular flexibility index (Phi) is 4.79. The summed E-state index contributed by atoms with van der Waals surface area (Å²) in [6, 6.07) is 8.11. The van der Waals surface area contributed by atoms with Crippen LogP contribution >= 0.6 is 0 Å². The maximum Gasteiger partial charge on any atom is 0.105 e. The number of hydrogen-bond acceptors (Lipinski definition) is 2. The number of hydrogen-bond donors (Lipinski definition) is 1. The van der Waals surface area contributed by atoms with Gasteiger partial charge in [0, 0.05) is 7.11 Å². The van der Waals surface area contributed by atoms with Crippen LogP contribution in [0.5, 0.6) is 0 Å². The number of aliphatic hydroxyl groups excluding tert-OH is 1. The van der Waals surface area contributed by atoms with Gasteiger partial charge in [-0.3, -0.25) is 0 Å². The minimum Gasteiger partial charge on any atom is -0.386 e. The van der Waals surface area contributed by atoms with Gasteiger partial charge in [0.05, 0.1) is 6.10 Å². The van der Waals surface area contributed by atoms with Crippen molar-refractivity contribution in [3.63, 3.8) is 0 Å². The summed E-state index contributed by atoms with van der Waals surface area (Å²) in [6.07, 6.45) is 5.67. The number of benzene rings is 1. The maximum absolute atomic E-state index is 10.5. The zero-order valence-corrected chi connectivity index (χ0v) is 11.4. The lowest BCUT2D eigenvalue weighted by atomic mass is 9.82. The van der Waals surface area contributed by atoms with Crippen LogP contribution in [0.1, 0.15) is 49.3 Å². The molecule has 1 aliphatic rings. The van der Waals surface area contributed by atoms with E-state index in [9.17, 15) is 5.11 Å². The van der Waals surface area contributed by atoms with Crippen molar-refractivity contribution in [2.75, 3.05) is 7.11 Å². The molecular formula is C16H24O2. The Morgan fingerprint density at radius 3 is 2.28 bits per heavy atom. The SMILES string of the molecule is COC(C1CCCCC1)C(O)c1ccc(C)cc1. The van der Waals surface area contributed by atoms with Crippen LogP contribution in [0.4, 0.5) is 0 Å². The Labute approximate surface area is 110 Å². The van der Waals surface area contributed by atoms with Crippen LogP contribution in [0.2, 0.25) is 0 Å². The van der Waals surface area contributed by atoms with Crippen LogP contribution in [0.3, 0.4) is 0 Å². The molecule has 2 heteroatoms. The normalized spacial score (nSPS) is 20.6. The second-order valence-electron chi connectivity index (χ2n) is 5.45. The number of methoxy groups -OCH3 is 1. The zero-order valence-electron chi connectivity index (χ0n) is 11.4. The summed E-state index contributed by atoms with van der Waals surface area (Å²) >= 11 is 0. The lowest BCUT2D eigenvalue weighted by molar-refractivity contribution is -0.0559. The molecule has 1 saturated carbocycles. The number of ether oxygens (including phenoxy) is 1. The molecule has 0 radical (unpaired) electrons. The number of aliphatic hydroxyl groups is 1. The predicted molar refractivity (Wildman–Crippen MR) is 73.5 cm³/mol. The molecule has 2 rings (SSSR count). The van der Waals surface area contributed by atoms with Gasteiger partial charge < -0.3 is 9.84 Å². The second kappa shape index (κ2) is 6.35. The van der Waals surface area contributed by atoms with Gasteiger partial charge in [0.2, 0.25) is 0 Å². The summed E-state index contributed by atoms with van der Waals surface area (Å²) in [5, 5.41) is 10.5. The fraction of sp³-hybridized carbons (Fsp3) is 0.625. The first-order valence-electron chi connectivity index (χ1n) is 7.00. The van der Waals surface area contributed by atoms with Crippen molar-refractivity contribution in [3.05, 3.63) is 35.4 Å². The maximum atomic E-state index is 10.5. The molecule has 0 saturated heterocycles. The van der Waals surface area contributed by atoms with Crippen molar-refractivity contribution in [2.45, 2.75) is 51.2 Å². The van der Waals surface area contributed by atoms with Crippen molar-refractivity contribution in [3.8, 4) is 0 Å². The van der Waals surface area contributed by atoms with E-state index in [4.69, 9.17) is 4.74 Å². The van der Waals surface area contributed by atoms with Gasteiger partial charge in [-0.1, -0.05) is 49.1 Å². The van der Waals surface area contributed by atoms with Gasteiger partial charge in [0.15, 0.2) is 0 Å². The van der Waals surface area contributed by atoms with E-state index in [0.717, 1.165) is 5.56 Å². The highest BCUT2D eigenvalue weighted by Crippen LogP contribution is 2.34. The van der Waals surface area contributed by atoms with Crippen molar-refractivity contribution < 1.29 is 9.84 Å². The van der Waals surface area contributed by atoms with E-state index in [0.29, 0.717) is 5.92 Å². The van der Waals surface area contributed by atoms with Gasteiger partial charge in [0.25, 0.3) is 0 Å². The molecule has 0 bridgehead atoms. The molecule has 0 spiro atoms. The number of aryl methyl sites for hydroxylation is 1. The molecule has 1 fully saturated rings. The molecule has 1 aromatic rings. The van der Waals surface area contributed by atoms with E-state index in [1.807, 2.05) is 24.3 Å². The van der Waals surface area contributed by atoms with E-state index in [1.165, 1.54) is 37.7 Å². The predicted octanol–water partition coefficient (Wildman–Crippen LogP) is 3.62. The molecule has 18 heavy (non-hydrogen) atoms. The van der Waals surface area contributed by atoms with Crippen LogP contribution in [-0.4, -0.2) is 18.3 Å². The Hall–Kier alpha value is -0.860. The van der Waals surface area contributed by atoms with Gasteiger partial charge in [0.1, 0.15) is 6.10 Å². The lowest BCUT2D eigenvalue weighted by Gasteiger charge is -2.32. The first-order chi connectivity index (χ1) is 8.72. The highest BCUT2D eigenvalue weighted by Gasteiger charge is 2.30. The Bertz CT molecular complexity index is 352. The van der Waals surface area contributed by atoms with Gasteiger partial charge in [-0.25, -0.2) is 0 Å². The molecule has 1 aliphatic carbocycles. The molecule has 2 nitrogen and oxygen atoms in total. The topological polar surface area (TPSA) is 29.5 Å². The van der Waals surface area contributed by atoms with Gasteiger partial charge in [-0.05, 0) is 31.2 Å². The average Bonchev–Trinajstić information content (AvgIpc) is 2.41. The third kappa shape index (κ3) is 3.12. The van der Waals surface area contributed by atoms with E-state index >= 15 is 0 Å². The van der Waals surface area contributed by atoms with Crippen molar-refractivity contribution in [1.29, 1.82) is 0 Å². The smallest absolute Gasteiger partial charge is 0.105 e. The molecule has 1 aromatic carbocycles. The van der Waals surface area contributed by atoms with E-state index in [-0.39, 0.29) is 6.10 Å².